The lowest BCUT2D eigenvalue weighted by Crippen LogP contribution is -2.41. The van der Waals surface area contributed by atoms with E-state index in [9.17, 15) is 13.2 Å². The van der Waals surface area contributed by atoms with Gasteiger partial charge >= 0.3 is 6.18 Å². The molecule has 0 amide bonds. The van der Waals surface area contributed by atoms with E-state index in [0.29, 0.717) is 24.6 Å². The first-order chi connectivity index (χ1) is 10.4. The van der Waals surface area contributed by atoms with Crippen molar-refractivity contribution in [2.45, 2.75) is 25.1 Å². The zero-order valence-corrected chi connectivity index (χ0v) is 13.2. The third-order valence-electron chi connectivity index (χ3n) is 3.73. The lowest BCUT2D eigenvalue weighted by Gasteiger charge is -2.25. The summed E-state index contributed by atoms with van der Waals surface area (Å²) in [6.45, 7) is 0.0947. The fraction of sp³-hybridized carbons (Fsp3) is 0.538. The summed E-state index contributed by atoms with van der Waals surface area (Å²) in [6.07, 6.45) is 0.818. The fourth-order valence-corrected chi connectivity index (χ4v) is 3.09. The molecule has 1 fully saturated rings. The van der Waals surface area contributed by atoms with Gasteiger partial charge in [-0.25, -0.2) is 9.50 Å². The Kier molecular flexibility index (Phi) is 4.26. The predicted octanol–water partition coefficient (Wildman–Crippen LogP) is 2.93. The fourth-order valence-electron chi connectivity index (χ4n) is 2.73. The first-order valence-corrected chi connectivity index (χ1v) is 7.76. The number of hydrogen-bond acceptors (Lipinski definition) is 4. The highest BCUT2D eigenvalue weighted by Gasteiger charge is 2.35. The van der Waals surface area contributed by atoms with Crippen LogP contribution in [-0.4, -0.2) is 51.4 Å². The van der Waals surface area contributed by atoms with Crippen LogP contribution in [0.2, 0.25) is 0 Å². The lowest BCUT2D eigenvalue weighted by atomic mass is 10.2. The van der Waals surface area contributed by atoms with Crippen molar-refractivity contribution < 1.29 is 13.2 Å². The van der Waals surface area contributed by atoms with Crippen molar-refractivity contribution in [3.63, 3.8) is 0 Å². The van der Waals surface area contributed by atoms with Gasteiger partial charge in [0.05, 0.1) is 17.2 Å². The predicted molar refractivity (Wildman–Crippen MR) is 79.8 cm³/mol. The zero-order chi connectivity index (χ0) is 15.7. The Morgan fingerprint density at radius 3 is 3.00 bits per heavy atom. The summed E-state index contributed by atoms with van der Waals surface area (Å²) in [5, 5.41) is 7.22. The Morgan fingerprint density at radius 1 is 1.41 bits per heavy atom. The Morgan fingerprint density at radius 2 is 2.23 bits per heavy atom. The average molecular weight is 378 g/mol. The van der Waals surface area contributed by atoms with Gasteiger partial charge in [0, 0.05) is 18.8 Å². The second-order valence-electron chi connectivity index (χ2n) is 5.34. The van der Waals surface area contributed by atoms with Gasteiger partial charge in [-0.2, -0.15) is 18.3 Å². The Hall–Kier alpha value is -1.35. The van der Waals surface area contributed by atoms with Crippen LogP contribution < -0.4 is 5.32 Å². The number of halogens is 4. The standard InChI is InChI=1S/C13H15BrF3N5/c14-10-7-19-22-5-3-11(20-12(10)22)18-6-9-2-1-4-21(9)8-13(15,16)17/h3,5,7,9H,1-2,4,6,8H2,(H,18,20). The monoisotopic (exact) mass is 377 g/mol. The Balaban J connectivity index is 1.64. The largest absolute Gasteiger partial charge is 0.401 e. The maximum atomic E-state index is 12.5. The second kappa shape index (κ2) is 6.04. The molecular formula is C13H15BrF3N5. The minimum absolute atomic E-state index is 0.118. The van der Waals surface area contributed by atoms with Gasteiger partial charge in [-0.15, -0.1) is 0 Å². The highest BCUT2D eigenvalue weighted by atomic mass is 79.9. The zero-order valence-electron chi connectivity index (χ0n) is 11.6. The maximum absolute atomic E-state index is 12.5. The van der Waals surface area contributed by atoms with Crippen LogP contribution in [0, 0.1) is 0 Å². The number of anilines is 1. The average Bonchev–Trinajstić information content (AvgIpc) is 3.02. The van der Waals surface area contributed by atoms with E-state index in [0.717, 1.165) is 17.3 Å². The molecule has 0 aromatic carbocycles. The molecule has 1 unspecified atom stereocenters. The summed E-state index contributed by atoms with van der Waals surface area (Å²) in [5.74, 6) is 0.632. The van der Waals surface area contributed by atoms with E-state index in [1.807, 2.05) is 0 Å². The van der Waals surface area contributed by atoms with E-state index in [1.165, 1.54) is 4.90 Å². The van der Waals surface area contributed by atoms with Crippen molar-refractivity contribution in [3.05, 3.63) is 22.9 Å². The molecule has 9 heteroatoms. The molecule has 0 saturated carbocycles. The van der Waals surface area contributed by atoms with E-state index in [-0.39, 0.29) is 6.04 Å². The van der Waals surface area contributed by atoms with Crippen molar-refractivity contribution in [2.75, 3.05) is 25.0 Å². The molecule has 22 heavy (non-hydrogen) atoms. The molecule has 3 heterocycles. The normalized spacial score (nSPS) is 19.9. The topological polar surface area (TPSA) is 45.5 Å². The highest BCUT2D eigenvalue weighted by Crippen LogP contribution is 2.24. The summed E-state index contributed by atoms with van der Waals surface area (Å²) in [7, 11) is 0. The van der Waals surface area contributed by atoms with Gasteiger partial charge in [0.25, 0.3) is 0 Å². The van der Waals surface area contributed by atoms with Crippen LogP contribution in [-0.2, 0) is 0 Å². The van der Waals surface area contributed by atoms with E-state index in [2.05, 4.69) is 31.3 Å². The molecule has 1 atom stereocenters. The smallest absolute Gasteiger partial charge is 0.368 e. The van der Waals surface area contributed by atoms with Crippen molar-refractivity contribution in [1.82, 2.24) is 19.5 Å². The van der Waals surface area contributed by atoms with Crippen LogP contribution in [0.3, 0.4) is 0 Å². The van der Waals surface area contributed by atoms with Crippen molar-refractivity contribution in [3.8, 4) is 0 Å². The lowest BCUT2D eigenvalue weighted by molar-refractivity contribution is -0.147. The molecule has 3 rings (SSSR count). The Labute approximate surface area is 133 Å². The van der Waals surface area contributed by atoms with Gasteiger partial charge in [0.1, 0.15) is 5.82 Å². The molecule has 120 valence electrons. The molecule has 1 aliphatic heterocycles. The number of fused-ring (bicyclic) bond motifs is 1. The molecule has 0 spiro atoms. The summed E-state index contributed by atoms with van der Waals surface area (Å²) < 4.78 is 40.0. The quantitative estimate of drug-likeness (QED) is 0.889. The number of hydrogen-bond donors (Lipinski definition) is 1. The van der Waals surface area contributed by atoms with Crippen LogP contribution in [0.1, 0.15) is 12.8 Å². The molecule has 0 bridgehead atoms. The van der Waals surface area contributed by atoms with Gasteiger partial charge in [-0.05, 0) is 41.4 Å². The maximum Gasteiger partial charge on any atom is 0.401 e. The van der Waals surface area contributed by atoms with Gasteiger partial charge in [-0.1, -0.05) is 0 Å². The number of alkyl halides is 3. The van der Waals surface area contributed by atoms with E-state index >= 15 is 0 Å². The number of nitrogens with one attached hydrogen (secondary N) is 1. The molecule has 1 aliphatic rings. The van der Waals surface area contributed by atoms with Gasteiger partial charge < -0.3 is 5.32 Å². The van der Waals surface area contributed by atoms with Gasteiger partial charge in [0.15, 0.2) is 5.65 Å². The van der Waals surface area contributed by atoms with Gasteiger partial charge in [0.2, 0.25) is 0 Å². The Bertz CT molecular complexity index is 657. The van der Waals surface area contributed by atoms with Crippen LogP contribution in [0.25, 0.3) is 5.65 Å². The third kappa shape index (κ3) is 3.52. The summed E-state index contributed by atoms with van der Waals surface area (Å²) in [6, 6.07) is 1.64. The molecule has 0 radical (unpaired) electrons. The van der Waals surface area contributed by atoms with Crippen LogP contribution in [0.5, 0.6) is 0 Å². The molecule has 2 aromatic rings. The molecule has 1 saturated heterocycles. The first-order valence-electron chi connectivity index (χ1n) is 6.97. The number of aromatic nitrogens is 3. The van der Waals surface area contributed by atoms with E-state index in [4.69, 9.17) is 0 Å². The van der Waals surface area contributed by atoms with Crippen LogP contribution in [0.4, 0.5) is 19.0 Å². The highest BCUT2D eigenvalue weighted by molar-refractivity contribution is 9.10. The number of rotatable bonds is 4. The second-order valence-corrected chi connectivity index (χ2v) is 6.19. The van der Waals surface area contributed by atoms with Crippen molar-refractivity contribution in [1.29, 1.82) is 0 Å². The summed E-state index contributed by atoms with van der Waals surface area (Å²) in [5.41, 5.74) is 0.670. The van der Waals surface area contributed by atoms with Crippen LogP contribution >= 0.6 is 15.9 Å². The van der Waals surface area contributed by atoms with Crippen molar-refractivity contribution >= 4 is 27.4 Å². The SMILES string of the molecule is FC(F)(F)CN1CCCC1CNc1ccn2ncc(Br)c2n1. The summed E-state index contributed by atoms with van der Waals surface area (Å²) >= 11 is 3.35. The van der Waals surface area contributed by atoms with Crippen LogP contribution in [0.15, 0.2) is 22.9 Å². The minimum Gasteiger partial charge on any atom is -0.368 e. The molecule has 2 aromatic heterocycles. The molecule has 0 aliphatic carbocycles. The summed E-state index contributed by atoms with van der Waals surface area (Å²) in [4.78, 5) is 5.88. The third-order valence-corrected chi connectivity index (χ3v) is 4.29. The van der Waals surface area contributed by atoms with Gasteiger partial charge in [-0.3, -0.25) is 4.90 Å². The minimum atomic E-state index is -4.15. The first kappa shape index (κ1) is 15.5. The molecule has 5 nitrogen and oxygen atoms in total. The number of likely N-dealkylation sites (tertiary alicyclic amines) is 1. The molecular weight excluding hydrogens is 363 g/mol. The van der Waals surface area contributed by atoms with E-state index in [1.54, 1.807) is 23.0 Å². The number of nitrogens with zero attached hydrogens (tertiary/aromatic N) is 4. The van der Waals surface area contributed by atoms with E-state index < -0.39 is 12.7 Å². The van der Waals surface area contributed by atoms with Crippen molar-refractivity contribution in [2.24, 2.45) is 0 Å². The molecule has 1 N–H and O–H groups in total.